The van der Waals surface area contributed by atoms with Crippen LogP contribution in [0.5, 0.6) is 0 Å². The second-order valence-corrected chi connectivity index (χ2v) is 3.50. The Morgan fingerprint density at radius 1 is 1.39 bits per heavy atom. The summed E-state index contributed by atoms with van der Waals surface area (Å²) < 4.78 is 0. The molecule has 5 nitrogen and oxygen atoms in total. The van der Waals surface area contributed by atoms with E-state index < -0.39 is 5.97 Å². The van der Waals surface area contributed by atoms with Gasteiger partial charge in [-0.3, -0.25) is 0 Å². The quantitative estimate of drug-likeness (QED) is 0.801. The number of carbonyl (C=O) groups is 1. The molecule has 0 radical (unpaired) electrons. The number of nitrogens with zero attached hydrogens (tertiary/aromatic N) is 2. The van der Waals surface area contributed by atoms with Crippen molar-refractivity contribution in [3.63, 3.8) is 0 Å². The van der Waals surface area contributed by atoms with Gasteiger partial charge in [0.1, 0.15) is 5.82 Å². The zero-order valence-electron chi connectivity index (χ0n) is 9.77. The van der Waals surface area contributed by atoms with Crippen molar-refractivity contribution in [3.8, 4) is 11.8 Å². The Labute approximate surface area is 104 Å². The molecule has 0 saturated carbocycles. The molecular formula is C13H11N3O2. The Hall–Kier alpha value is -2.61. The molecule has 1 aromatic carbocycles. The van der Waals surface area contributed by atoms with Crippen molar-refractivity contribution in [1.29, 1.82) is 0 Å². The number of aromatic nitrogens is 2. The molecule has 0 atom stereocenters. The molecule has 2 aromatic rings. The number of nitrogens with one attached hydrogen (secondary N) is 1. The van der Waals surface area contributed by atoms with Crippen LogP contribution in [0.3, 0.4) is 0 Å². The number of hydrogen-bond donors (Lipinski definition) is 2. The maximum absolute atomic E-state index is 10.9. The molecule has 0 bridgehead atoms. The van der Waals surface area contributed by atoms with Crippen LogP contribution in [-0.4, -0.2) is 27.6 Å². The lowest BCUT2D eigenvalue weighted by Crippen LogP contribution is -2.09. The van der Waals surface area contributed by atoms with Crippen molar-refractivity contribution in [3.05, 3.63) is 30.1 Å². The van der Waals surface area contributed by atoms with E-state index in [2.05, 4.69) is 27.1 Å². The predicted molar refractivity (Wildman–Crippen MR) is 68.4 cm³/mol. The van der Waals surface area contributed by atoms with Crippen LogP contribution in [0.15, 0.2) is 24.3 Å². The van der Waals surface area contributed by atoms with Gasteiger partial charge in [0.15, 0.2) is 0 Å². The van der Waals surface area contributed by atoms with Crippen LogP contribution >= 0.6 is 0 Å². The first-order chi connectivity index (χ1) is 8.72. The lowest BCUT2D eigenvalue weighted by molar-refractivity contribution is 0.0684. The van der Waals surface area contributed by atoms with Gasteiger partial charge >= 0.3 is 5.97 Å². The van der Waals surface area contributed by atoms with Crippen LogP contribution < -0.4 is 5.32 Å². The maximum Gasteiger partial charge on any atom is 0.374 e. The number of rotatable bonds is 3. The van der Waals surface area contributed by atoms with Gasteiger partial charge in [0.25, 0.3) is 0 Å². The molecule has 1 aromatic heterocycles. The molecule has 1 heterocycles. The van der Waals surface area contributed by atoms with Crippen LogP contribution in [0.4, 0.5) is 5.82 Å². The van der Waals surface area contributed by atoms with Gasteiger partial charge < -0.3 is 10.4 Å². The molecule has 5 heteroatoms. The minimum atomic E-state index is -1.15. The van der Waals surface area contributed by atoms with Crippen molar-refractivity contribution in [2.24, 2.45) is 0 Å². The average Bonchev–Trinajstić information content (AvgIpc) is 2.38. The summed E-state index contributed by atoms with van der Waals surface area (Å²) in [6.07, 6.45) is 0. The molecule has 0 saturated heterocycles. The molecule has 0 fully saturated rings. The SMILES string of the molecule is CC#CCNc1nc(C(=O)O)nc2ccccc12. The minimum Gasteiger partial charge on any atom is -0.475 e. The van der Waals surface area contributed by atoms with Crippen LogP contribution in [-0.2, 0) is 0 Å². The normalized spacial score (nSPS) is 9.61. The number of anilines is 1. The Bertz CT molecular complexity index is 656. The van der Waals surface area contributed by atoms with Gasteiger partial charge in [-0.1, -0.05) is 18.1 Å². The standard InChI is InChI=1S/C13H11N3O2/c1-2-3-8-14-11-9-6-4-5-7-10(9)15-12(16-11)13(17)18/h4-7H,8H2,1H3,(H,17,18)(H,14,15,16). The van der Waals surface area contributed by atoms with E-state index >= 15 is 0 Å². The van der Waals surface area contributed by atoms with Crippen molar-refractivity contribution < 1.29 is 9.90 Å². The Morgan fingerprint density at radius 3 is 2.89 bits per heavy atom. The third kappa shape index (κ3) is 2.38. The Kier molecular flexibility index (Phi) is 3.39. The van der Waals surface area contributed by atoms with Gasteiger partial charge in [-0.2, -0.15) is 0 Å². The molecule has 0 spiro atoms. The van der Waals surface area contributed by atoms with Crippen LogP contribution in [0.25, 0.3) is 10.9 Å². The molecular weight excluding hydrogens is 230 g/mol. The lowest BCUT2D eigenvalue weighted by atomic mass is 10.2. The summed E-state index contributed by atoms with van der Waals surface area (Å²) in [6, 6.07) is 7.24. The Morgan fingerprint density at radius 2 is 2.17 bits per heavy atom. The summed E-state index contributed by atoms with van der Waals surface area (Å²) in [7, 11) is 0. The first kappa shape index (κ1) is 11.9. The second kappa shape index (κ2) is 5.15. The zero-order chi connectivity index (χ0) is 13.0. The fourth-order valence-corrected chi connectivity index (χ4v) is 1.52. The topological polar surface area (TPSA) is 75.1 Å². The van der Waals surface area contributed by atoms with Gasteiger partial charge in [0.2, 0.25) is 5.82 Å². The minimum absolute atomic E-state index is 0.222. The van der Waals surface area contributed by atoms with Crippen LogP contribution in [0.2, 0.25) is 0 Å². The van der Waals surface area contributed by atoms with E-state index in [0.29, 0.717) is 17.9 Å². The fourth-order valence-electron chi connectivity index (χ4n) is 1.52. The summed E-state index contributed by atoms with van der Waals surface area (Å²) in [5, 5.41) is 12.7. The van der Waals surface area contributed by atoms with Gasteiger partial charge in [0, 0.05) is 5.39 Å². The van der Waals surface area contributed by atoms with Gasteiger partial charge in [-0.15, -0.1) is 5.92 Å². The lowest BCUT2D eigenvalue weighted by Gasteiger charge is -2.06. The second-order valence-electron chi connectivity index (χ2n) is 3.50. The van der Waals surface area contributed by atoms with E-state index in [1.54, 1.807) is 19.1 Å². The number of fused-ring (bicyclic) bond motifs is 1. The van der Waals surface area contributed by atoms with Crippen molar-refractivity contribution in [2.45, 2.75) is 6.92 Å². The largest absolute Gasteiger partial charge is 0.475 e. The molecule has 2 rings (SSSR count). The Balaban J connectivity index is 2.52. The number of aromatic carboxylic acids is 1. The predicted octanol–water partition coefficient (Wildman–Crippen LogP) is 1.76. The van der Waals surface area contributed by atoms with Crippen molar-refractivity contribution >= 4 is 22.7 Å². The molecule has 0 aliphatic heterocycles. The highest BCUT2D eigenvalue weighted by atomic mass is 16.4. The van der Waals surface area contributed by atoms with Gasteiger partial charge in [-0.05, 0) is 19.1 Å². The monoisotopic (exact) mass is 241 g/mol. The van der Waals surface area contributed by atoms with E-state index in [-0.39, 0.29) is 5.82 Å². The van der Waals surface area contributed by atoms with E-state index in [1.807, 2.05) is 12.1 Å². The third-order valence-corrected chi connectivity index (χ3v) is 2.32. The van der Waals surface area contributed by atoms with Gasteiger partial charge in [-0.25, -0.2) is 14.8 Å². The summed E-state index contributed by atoms with van der Waals surface area (Å²) >= 11 is 0. The number of para-hydroxylation sites is 1. The average molecular weight is 241 g/mol. The highest BCUT2D eigenvalue weighted by molar-refractivity contribution is 5.93. The molecule has 90 valence electrons. The number of carboxylic acid groups (broad SMARTS) is 1. The zero-order valence-corrected chi connectivity index (χ0v) is 9.77. The summed E-state index contributed by atoms with van der Waals surface area (Å²) in [4.78, 5) is 18.9. The van der Waals surface area contributed by atoms with Crippen molar-refractivity contribution in [2.75, 3.05) is 11.9 Å². The van der Waals surface area contributed by atoms with E-state index in [1.165, 1.54) is 0 Å². The third-order valence-electron chi connectivity index (χ3n) is 2.32. The summed E-state index contributed by atoms with van der Waals surface area (Å²) in [5.41, 5.74) is 0.594. The highest BCUT2D eigenvalue weighted by Gasteiger charge is 2.11. The summed E-state index contributed by atoms with van der Waals surface area (Å²) in [5.74, 6) is 4.71. The molecule has 2 N–H and O–H groups in total. The van der Waals surface area contributed by atoms with Gasteiger partial charge in [0.05, 0.1) is 12.1 Å². The molecule has 0 unspecified atom stereocenters. The number of hydrogen-bond acceptors (Lipinski definition) is 4. The first-order valence-electron chi connectivity index (χ1n) is 5.36. The molecule has 0 aliphatic carbocycles. The maximum atomic E-state index is 10.9. The van der Waals surface area contributed by atoms with Crippen molar-refractivity contribution in [1.82, 2.24) is 9.97 Å². The van der Waals surface area contributed by atoms with E-state index in [4.69, 9.17) is 5.11 Å². The van der Waals surface area contributed by atoms with Crippen LogP contribution in [0, 0.1) is 11.8 Å². The number of benzene rings is 1. The molecule has 18 heavy (non-hydrogen) atoms. The smallest absolute Gasteiger partial charge is 0.374 e. The molecule has 0 amide bonds. The van der Waals surface area contributed by atoms with Crippen LogP contribution in [0.1, 0.15) is 17.5 Å². The molecule has 0 aliphatic rings. The van der Waals surface area contributed by atoms with E-state index in [0.717, 1.165) is 5.39 Å². The highest BCUT2D eigenvalue weighted by Crippen LogP contribution is 2.19. The summed E-state index contributed by atoms with van der Waals surface area (Å²) in [6.45, 7) is 2.15. The number of carboxylic acids is 1. The first-order valence-corrected chi connectivity index (χ1v) is 5.36. The van der Waals surface area contributed by atoms with E-state index in [9.17, 15) is 4.79 Å². The fraction of sp³-hybridized carbons (Fsp3) is 0.154.